The number of unbranched alkanes of at least 4 members (excludes halogenated alkanes) is 3. The van der Waals surface area contributed by atoms with Gasteiger partial charge in [0.2, 0.25) is 0 Å². The van der Waals surface area contributed by atoms with Gasteiger partial charge in [-0.3, -0.25) is 14.5 Å². The van der Waals surface area contributed by atoms with Gasteiger partial charge in [-0.15, -0.1) is 0 Å². The van der Waals surface area contributed by atoms with E-state index in [0.717, 1.165) is 74.0 Å². The number of alkyl carbamates (subject to hydrolysis) is 1. The van der Waals surface area contributed by atoms with Gasteiger partial charge in [0, 0.05) is 26.1 Å². The van der Waals surface area contributed by atoms with E-state index in [-0.39, 0.29) is 30.1 Å². The topological polar surface area (TPSA) is 79.0 Å². The van der Waals surface area contributed by atoms with Crippen molar-refractivity contribution >= 4 is 17.9 Å². The molecule has 1 saturated heterocycles. The lowest BCUT2D eigenvalue weighted by atomic mass is 9.99. The van der Waals surface area contributed by atoms with Gasteiger partial charge in [0.05, 0.1) is 44.4 Å². The molecule has 0 aromatic heterocycles. The van der Waals surface area contributed by atoms with Crippen molar-refractivity contribution in [3.05, 3.63) is 107 Å². The fraction of sp³-hybridized carbons (Fsp3) is 0.447. The minimum atomic E-state index is -0.360. The van der Waals surface area contributed by atoms with Gasteiger partial charge in [-0.05, 0) is 61.9 Å². The Bertz CT molecular complexity index is 1360. The van der Waals surface area contributed by atoms with Crippen molar-refractivity contribution in [2.24, 2.45) is 0 Å². The predicted molar refractivity (Wildman–Crippen MR) is 181 cm³/mol. The molecule has 2 aliphatic rings. The van der Waals surface area contributed by atoms with Gasteiger partial charge in [0.1, 0.15) is 6.10 Å². The number of nitrogens with one attached hydrogen (secondary N) is 1. The maximum absolute atomic E-state index is 12.9. The average molecular weight is 626 g/mol. The maximum Gasteiger partial charge on any atom is 0.408 e. The van der Waals surface area contributed by atoms with E-state index in [9.17, 15) is 14.4 Å². The number of carbonyl (C=O) groups is 3. The predicted octanol–water partition coefficient (Wildman–Crippen LogP) is 6.29. The molecule has 5 rings (SSSR count). The molecule has 0 atom stereocenters. The van der Waals surface area contributed by atoms with Gasteiger partial charge in [-0.1, -0.05) is 79.2 Å². The van der Waals surface area contributed by atoms with Crippen LogP contribution in [0.5, 0.6) is 0 Å². The van der Waals surface area contributed by atoms with Gasteiger partial charge in [-0.25, -0.2) is 4.79 Å². The number of nitrogens with zero attached hydrogens (tertiary/aromatic N) is 3. The molecule has 0 unspecified atom stereocenters. The molecule has 0 aliphatic carbocycles. The highest BCUT2D eigenvalue weighted by molar-refractivity contribution is 6.21. The molecule has 0 bridgehead atoms. The van der Waals surface area contributed by atoms with Crippen LogP contribution >= 0.6 is 0 Å². The highest BCUT2D eigenvalue weighted by Gasteiger charge is 2.35. The number of rotatable bonds is 15. The zero-order valence-electron chi connectivity index (χ0n) is 27.4. The Hall–Kier alpha value is -4.01. The quantitative estimate of drug-likeness (QED) is 0.122. The molecular formula is C38H49N4O4+. The summed E-state index contributed by atoms with van der Waals surface area (Å²) in [5, 5.41) is 3.10. The van der Waals surface area contributed by atoms with Crippen LogP contribution in [-0.2, 0) is 4.74 Å². The van der Waals surface area contributed by atoms with Crippen LogP contribution in [0.3, 0.4) is 0 Å². The van der Waals surface area contributed by atoms with Crippen molar-refractivity contribution in [3.8, 4) is 0 Å². The van der Waals surface area contributed by atoms with Crippen LogP contribution in [0.2, 0.25) is 0 Å². The van der Waals surface area contributed by atoms with Crippen molar-refractivity contribution in [3.63, 3.8) is 0 Å². The SMILES string of the molecule is C[N+](C)(CCCCCCN1CCC(OC(=O)NC(c2ccccc2)c2ccccc2)CC1)CCCN1C(=O)c2ccccc2C1=O. The second-order valence-corrected chi connectivity index (χ2v) is 13.3. The molecule has 8 heteroatoms. The van der Waals surface area contributed by atoms with E-state index in [4.69, 9.17) is 4.74 Å². The summed E-state index contributed by atoms with van der Waals surface area (Å²) in [4.78, 5) is 42.0. The minimum Gasteiger partial charge on any atom is -0.446 e. The number of hydrogen-bond donors (Lipinski definition) is 1. The first kappa shape index (κ1) is 33.4. The highest BCUT2D eigenvalue weighted by Crippen LogP contribution is 2.24. The molecule has 0 saturated carbocycles. The molecular weight excluding hydrogens is 576 g/mol. The third-order valence-corrected chi connectivity index (χ3v) is 9.35. The third-order valence-electron chi connectivity index (χ3n) is 9.35. The second-order valence-electron chi connectivity index (χ2n) is 13.3. The number of carbonyl (C=O) groups excluding carboxylic acids is 3. The lowest BCUT2D eigenvalue weighted by molar-refractivity contribution is -0.890. The van der Waals surface area contributed by atoms with Crippen LogP contribution in [0.15, 0.2) is 84.9 Å². The summed E-state index contributed by atoms with van der Waals surface area (Å²) in [6, 6.07) is 26.9. The molecule has 3 aromatic carbocycles. The molecule has 2 heterocycles. The number of ether oxygens (including phenoxy) is 1. The van der Waals surface area contributed by atoms with Gasteiger partial charge < -0.3 is 19.4 Å². The Morgan fingerprint density at radius 1 is 0.739 bits per heavy atom. The fourth-order valence-electron chi connectivity index (χ4n) is 6.64. The van der Waals surface area contributed by atoms with E-state index in [1.54, 1.807) is 12.1 Å². The van der Waals surface area contributed by atoms with Crippen LogP contribution in [0.4, 0.5) is 4.79 Å². The summed E-state index contributed by atoms with van der Waals surface area (Å²) in [6.07, 6.45) is 6.86. The Balaban J connectivity index is 0.928. The first-order chi connectivity index (χ1) is 22.3. The molecule has 1 fully saturated rings. The standard InChI is InChI=1S/C38H48N4O4/c1-42(2,29-15-25-41-36(43)33-20-11-12-21-34(33)37(41)44)28-14-4-3-13-24-40-26-22-32(23-27-40)46-38(45)39-35(30-16-7-5-8-17-30)31-18-9-6-10-19-31/h5-12,16-21,32,35H,3-4,13-15,22-29H2,1-2H3/p+1. The number of amides is 3. The lowest BCUT2D eigenvalue weighted by Gasteiger charge is -2.32. The summed E-state index contributed by atoms with van der Waals surface area (Å²) < 4.78 is 6.76. The maximum atomic E-state index is 12.9. The lowest BCUT2D eigenvalue weighted by Crippen LogP contribution is -2.43. The summed E-state index contributed by atoms with van der Waals surface area (Å²) in [7, 11) is 4.47. The van der Waals surface area contributed by atoms with E-state index < -0.39 is 0 Å². The molecule has 46 heavy (non-hydrogen) atoms. The molecule has 244 valence electrons. The van der Waals surface area contributed by atoms with E-state index >= 15 is 0 Å². The second kappa shape index (κ2) is 16.0. The number of benzene rings is 3. The van der Waals surface area contributed by atoms with Gasteiger partial charge in [-0.2, -0.15) is 0 Å². The van der Waals surface area contributed by atoms with Crippen molar-refractivity contribution in [2.75, 3.05) is 53.4 Å². The van der Waals surface area contributed by atoms with Crippen molar-refractivity contribution in [1.82, 2.24) is 15.1 Å². The minimum absolute atomic E-state index is 0.0551. The number of fused-ring (bicyclic) bond motifs is 1. The molecule has 3 amide bonds. The zero-order valence-corrected chi connectivity index (χ0v) is 27.4. The summed E-state index contributed by atoms with van der Waals surface area (Å²) in [5.74, 6) is -0.326. The molecule has 1 N–H and O–H groups in total. The van der Waals surface area contributed by atoms with E-state index in [2.05, 4.69) is 24.3 Å². The molecule has 3 aromatic rings. The first-order valence-electron chi connectivity index (χ1n) is 16.9. The number of likely N-dealkylation sites (tertiary alicyclic amines) is 1. The highest BCUT2D eigenvalue weighted by atomic mass is 16.6. The summed E-state index contributed by atoms with van der Waals surface area (Å²) >= 11 is 0. The normalized spacial score (nSPS) is 15.8. The smallest absolute Gasteiger partial charge is 0.408 e. The summed E-state index contributed by atoms with van der Waals surface area (Å²) in [5.41, 5.74) is 3.11. The monoisotopic (exact) mass is 625 g/mol. The zero-order chi connectivity index (χ0) is 32.4. The van der Waals surface area contributed by atoms with Crippen LogP contribution < -0.4 is 5.32 Å². The van der Waals surface area contributed by atoms with Crippen LogP contribution in [0.25, 0.3) is 0 Å². The van der Waals surface area contributed by atoms with Gasteiger partial charge >= 0.3 is 6.09 Å². The fourth-order valence-corrected chi connectivity index (χ4v) is 6.64. The number of imide groups is 1. The van der Waals surface area contributed by atoms with Crippen molar-refractivity contribution < 1.29 is 23.6 Å². The van der Waals surface area contributed by atoms with E-state index in [1.165, 1.54) is 24.2 Å². The molecule has 2 aliphatic heterocycles. The third kappa shape index (κ3) is 9.04. The number of piperidine rings is 1. The van der Waals surface area contributed by atoms with Crippen LogP contribution in [0, 0.1) is 0 Å². The van der Waals surface area contributed by atoms with Gasteiger partial charge in [0.15, 0.2) is 0 Å². The Kier molecular flexibility index (Phi) is 11.6. The largest absolute Gasteiger partial charge is 0.446 e. The van der Waals surface area contributed by atoms with E-state index in [0.29, 0.717) is 17.7 Å². The van der Waals surface area contributed by atoms with Crippen LogP contribution in [-0.4, -0.2) is 91.7 Å². The van der Waals surface area contributed by atoms with Crippen molar-refractivity contribution in [2.45, 2.75) is 57.1 Å². The number of quaternary nitrogens is 1. The molecule has 8 nitrogen and oxygen atoms in total. The van der Waals surface area contributed by atoms with E-state index in [1.807, 2.05) is 72.8 Å². The Morgan fingerprint density at radius 2 is 1.26 bits per heavy atom. The molecule has 0 spiro atoms. The average Bonchev–Trinajstić information content (AvgIpc) is 3.31. The Labute approximate surface area is 273 Å². The van der Waals surface area contributed by atoms with Gasteiger partial charge in [0.25, 0.3) is 11.8 Å². The first-order valence-corrected chi connectivity index (χ1v) is 16.9. The van der Waals surface area contributed by atoms with Crippen molar-refractivity contribution in [1.29, 1.82) is 0 Å². The summed E-state index contributed by atoms with van der Waals surface area (Å²) in [6.45, 7) is 5.49. The van der Waals surface area contributed by atoms with Crippen LogP contribution in [0.1, 0.15) is 82.8 Å². The Morgan fingerprint density at radius 3 is 1.85 bits per heavy atom. The molecule has 0 radical (unpaired) electrons. The number of hydrogen-bond acceptors (Lipinski definition) is 5.